The molecule has 0 rings (SSSR count). The third-order valence-corrected chi connectivity index (χ3v) is 1.15. The molecule has 0 aliphatic rings. The monoisotopic (exact) mass is 172 g/mol. The van der Waals surface area contributed by atoms with Crippen LogP contribution < -0.4 is 5.32 Å². The second-order valence-electron chi connectivity index (χ2n) is 2.68. The maximum atomic E-state index is 10.9. The maximum absolute atomic E-state index is 10.9. The van der Waals surface area contributed by atoms with Crippen LogP contribution >= 0.6 is 0 Å². The van der Waals surface area contributed by atoms with Crippen LogP contribution in [-0.4, -0.2) is 49.7 Å². The molecule has 0 aromatic carbocycles. The first-order valence-corrected chi connectivity index (χ1v) is 3.86. The van der Waals surface area contributed by atoms with Crippen LogP contribution in [0, 0.1) is 0 Å². The maximum Gasteiger partial charge on any atom is 0.243 e. The number of amides is 1. The Morgan fingerprint density at radius 2 is 2.25 bits per heavy atom. The molecule has 2 N–H and O–H groups in total. The molecule has 0 aromatic heterocycles. The number of likely N-dealkylation sites (N-methyl/N-ethyl adjacent to an activating group) is 1. The molecule has 4 heteroatoms. The van der Waals surface area contributed by atoms with E-state index in [0.29, 0.717) is 6.54 Å². The Bertz CT molecular complexity index is 155. The fourth-order valence-corrected chi connectivity index (χ4v) is 0.609. The number of hydrogen-bond acceptors (Lipinski definition) is 3. The molecule has 0 spiro atoms. The van der Waals surface area contributed by atoms with Gasteiger partial charge in [0.25, 0.3) is 0 Å². The number of carbonyl (C=O) groups excluding carboxylic acids is 1. The van der Waals surface area contributed by atoms with Crippen molar-refractivity contribution in [3.05, 3.63) is 12.2 Å². The van der Waals surface area contributed by atoms with E-state index in [4.69, 9.17) is 5.11 Å². The molecule has 70 valence electrons. The second kappa shape index (κ2) is 6.82. The average molecular weight is 172 g/mol. The predicted octanol–water partition coefficient (Wildman–Crippen LogP) is -0.787. The summed E-state index contributed by atoms with van der Waals surface area (Å²) in [6, 6.07) is 0. The van der Waals surface area contributed by atoms with Crippen molar-refractivity contribution in [2.45, 2.75) is 0 Å². The van der Waals surface area contributed by atoms with Gasteiger partial charge in [-0.3, -0.25) is 4.79 Å². The van der Waals surface area contributed by atoms with Gasteiger partial charge in [-0.25, -0.2) is 0 Å². The number of aliphatic hydroxyl groups excluding tert-OH is 1. The highest BCUT2D eigenvalue weighted by atomic mass is 16.3. The second-order valence-corrected chi connectivity index (χ2v) is 2.68. The highest BCUT2D eigenvalue weighted by Gasteiger charge is 1.91. The standard InChI is InChI=1S/C8H16N2O2/c1-10(2)6-3-4-8(12)9-5-7-11/h3-4,11H,5-7H2,1-2H3,(H,9,12)/b4-3+. The Hall–Kier alpha value is -0.870. The van der Waals surface area contributed by atoms with Crippen molar-refractivity contribution in [3.63, 3.8) is 0 Å². The summed E-state index contributed by atoms with van der Waals surface area (Å²) in [5, 5.41) is 10.9. The van der Waals surface area contributed by atoms with Crippen LogP contribution in [0.4, 0.5) is 0 Å². The Morgan fingerprint density at radius 3 is 2.75 bits per heavy atom. The quantitative estimate of drug-likeness (QED) is 0.534. The van der Waals surface area contributed by atoms with Gasteiger partial charge in [-0.05, 0) is 14.1 Å². The fraction of sp³-hybridized carbons (Fsp3) is 0.625. The zero-order chi connectivity index (χ0) is 9.40. The van der Waals surface area contributed by atoms with E-state index in [1.54, 1.807) is 6.08 Å². The summed E-state index contributed by atoms with van der Waals surface area (Å²) in [6.45, 7) is 1.03. The van der Waals surface area contributed by atoms with Gasteiger partial charge in [0.2, 0.25) is 5.91 Å². The number of rotatable bonds is 5. The van der Waals surface area contributed by atoms with Crippen LogP contribution in [0.1, 0.15) is 0 Å². The lowest BCUT2D eigenvalue weighted by molar-refractivity contribution is -0.116. The molecule has 0 heterocycles. The molecular formula is C8H16N2O2. The first-order valence-electron chi connectivity index (χ1n) is 3.86. The third-order valence-electron chi connectivity index (χ3n) is 1.15. The molecule has 0 bridgehead atoms. The SMILES string of the molecule is CN(C)C/C=C/C(=O)NCCO. The molecule has 0 fully saturated rings. The van der Waals surface area contributed by atoms with Crippen molar-refractivity contribution in [3.8, 4) is 0 Å². The van der Waals surface area contributed by atoms with Gasteiger partial charge in [0, 0.05) is 19.2 Å². The highest BCUT2D eigenvalue weighted by molar-refractivity contribution is 5.87. The summed E-state index contributed by atoms with van der Waals surface area (Å²) < 4.78 is 0. The number of nitrogens with zero attached hydrogens (tertiary/aromatic N) is 1. The van der Waals surface area contributed by atoms with E-state index in [0.717, 1.165) is 6.54 Å². The van der Waals surface area contributed by atoms with Gasteiger partial charge in [0.15, 0.2) is 0 Å². The molecule has 0 aliphatic carbocycles. The van der Waals surface area contributed by atoms with E-state index in [-0.39, 0.29) is 12.5 Å². The predicted molar refractivity (Wildman–Crippen MR) is 47.8 cm³/mol. The van der Waals surface area contributed by atoms with Gasteiger partial charge in [-0.1, -0.05) is 6.08 Å². The Balaban J connectivity index is 3.47. The van der Waals surface area contributed by atoms with Crippen molar-refractivity contribution in [1.82, 2.24) is 10.2 Å². The molecule has 0 atom stereocenters. The highest BCUT2D eigenvalue weighted by Crippen LogP contribution is 1.77. The van der Waals surface area contributed by atoms with E-state index in [9.17, 15) is 4.79 Å². The minimum Gasteiger partial charge on any atom is -0.395 e. The van der Waals surface area contributed by atoms with Gasteiger partial charge < -0.3 is 15.3 Å². The molecular weight excluding hydrogens is 156 g/mol. The first kappa shape index (κ1) is 11.1. The normalized spacial score (nSPS) is 11.0. The van der Waals surface area contributed by atoms with E-state index in [2.05, 4.69) is 5.32 Å². The lowest BCUT2D eigenvalue weighted by atomic mass is 10.4. The number of hydrogen-bond donors (Lipinski definition) is 2. The van der Waals surface area contributed by atoms with Gasteiger partial charge >= 0.3 is 0 Å². The van der Waals surface area contributed by atoms with E-state index in [1.807, 2.05) is 19.0 Å². The summed E-state index contributed by atoms with van der Waals surface area (Å²) >= 11 is 0. The van der Waals surface area contributed by atoms with Crippen molar-refractivity contribution in [1.29, 1.82) is 0 Å². The first-order chi connectivity index (χ1) is 5.66. The van der Waals surface area contributed by atoms with Crippen molar-refractivity contribution >= 4 is 5.91 Å². The topological polar surface area (TPSA) is 52.6 Å². The van der Waals surface area contributed by atoms with Gasteiger partial charge in [0.05, 0.1) is 6.61 Å². The molecule has 1 amide bonds. The molecule has 0 aliphatic heterocycles. The lowest BCUT2D eigenvalue weighted by Gasteiger charge is -2.03. The smallest absolute Gasteiger partial charge is 0.243 e. The minimum absolute atomic E-state index is 0.0206. The van der Waals surface area contributed by atoms with Crippen LogP contribution in [0.25, 0.3) is 0 Å². The molecule has 0 unspecified atom stereocenters. The van der Waals surface area contributed by atoms with Gasteiger partial charge in [-0.2, -0.15) is 0 Å². The van der Waals surface area contributed by atoms with Crippen molar-refractivity contribution in [2.24, 2.45) is 0 Å². The number of carbonyl (C=O) groups is 1. The molecule has 12 heavy (non-hydrogen) atoms. The summed E-state index contributed by atoms with van der Waals surface area (Å²) in [4.78, 5) is 12.8. The summed E-state index contributed by atoms with van der Waals surface area (Å²) in [5.74, 6) is -0.161. The lowest BCUT2D eigenvalue weighted by Crippen LogP contribution is -2.24. The Morgan fingerprint density at radius 1 is 1.58 bits per heavy atom. The minimum atomic E-state index is -0.161. The summed E-state index contributed by atoms with van der Waals surface area (Å²) in [6.07, 6.45) is 3.24. The largest absolute Gasteiger partial charge is 0.395 e. The molecule has 0 aromatic rings. The number of nitrogens with one attached hydrogen (secondary N) is 1. The summed E-state index contributed by atoms with van der Waals surface area (Å²) in [5.41, 5.74) is 0. The van der Waals surface area contributed by atoms with Crippen molar-refractivity contribution in [2.75, 3.05) is 33.8 Å². The molecule has 0 saturated carbocycles. The van der Waals surface area contributed by atoms with E-state index in [1.165, 1.54) is 6.08 Å². The van der Waals surface area contributed by atoms with Gasteiger partial charge in [-0.15, -0.1) is 0 Å². The van der Waals surface area contributed by atoms with Crippen LogP contribution in [0.2, 0.25) is 0 Å². The average Bonchev–Trinajstić information content (AvgIpc) is 2.00. The Labute approximate surface area is 72.9 Å². The zero-order valence-electron chi connectivity index (χ0n) is 7.58. The van der Waals surface area contributed by atoms with E-state index < -0.39 is 0 Å². The third kappa shape index (κ3) is 7.24. The zero-order valence-corrected chi connectivity index (χ0v) is 7.58. The number of aliphatic hydroxyl groups is 1. The molecule has 0 radical (unpaired) electrons. The van der Waals surface area contributed by atoms with Crippen LogP contribution in [0.5, 0.6) is 0 Å². The fourth-order valence-electron chi connectivity index (χ4n) is 0.609. The Kier molecular flexibility index (Phi) is 6.32. The van der Waals surface area contributed by atoms with Crippen molar-refractivity contribution < 1.29 is 9.90 Å². The van der Waals surface area contributed by atoms with E-state index >= 15 is 0 Å². The summed E-state index contributed by atoms with van der Waals surface area (Å²) in [7, 11) is 3.85. The molecule has 4 nitrogen and oxygen atoms in total. The van der Waals surface area contributed by atoms with Crippen LogP contribution in [-0.2, 0) is 4.79 Å². The van der Waals surface area contributed by atoms with Crippen LogP contribution in [0.15, 0.2) is 12.2 Å². The van der Waals surface area contributed by atoms with Crippen LogP contribution in [0.3, 0.4) is 0 Å². The molecule has 0 saturated heterocycles. The van der Waals surface area contributed by atoms with Gasteiger partial charge in [0.1, 0.15) is 0 Å².